The SMILES string of the molecule is COc1ccc(Cl)cc1C(=O)C1CCCc2sccc21. The summed E-state index contributed by atoms with van der Waals surface area (Å²) in [5.41, 5.74) is 1.78. The van der Waals surface area contributed by atoms with Crippen molar-refractivity contribution >= 4 is 28.7 Å². The lowest BCUT2D eigenvalue weighted by atomic mass is 9.82. The Hall–Kier alpha value is -1.32. The first-order valence-corrected chi connectivity index (χ1v) is 7.90. The number of benzene rings is 1. The van der Waals surface area contributed by atoms with Crippen LogP contribution in [-0.4, -0.2) is 12.9 Å². The molecule has 0 fully saturated rings. The van der Waals surface area contributed by atoms with Crippen LogP contribution in [0.25, 0.3) is 0 Å². The summed E-state index contributed by atoms with van der Waals surface area (Å²) in [6.45, 7) is 0. The van der Waals surface area contributed by atoms with Crippen molar-refractivity contribution in [1.82, 2.24) is 0 Å². The quantitative estimate of drug-likeness (QED) is 0.767. The monoisotopic (exact) mass is 306 g/mol. The molecule has 1 heterocycles. The molecule has 1 aromatic carbocycles. The lowest BCUT2D eigenvalue weighted by Gasteiger charge is -2.22. The third-order valence-corrected chi connectivity index (χ3v) is 5.03. The lowest BCUT2D eigenvalue weighted by molar-refractivity contribution is 0.0948. The molecule has 0 saturated carbocycles. The first-order chi connectivity index (χ1) is 9.70. The molecule has 1 aromatic heterocycles. The summed E-state index contributed by atoms with van der Waals surface area (Å²) in [4.78, 5) is 14.2. The summed E-state index contributed by atoms with van der Waals surface area (Å²) in [6, 6.07) is 7.29. The van der Waals surface area contributed by atoms with Crippen LogP contribution >= 0.6 is 22.9 Å². The summed E-state index contributed by atoms with van der Waals surface area (Å²) >= 11 is 7.78. The molecule has 0 N–H and O–H groups in total. The number of hydrogen-bond acceptors (Lipinski definition) is 3. The summed E-state index contributed by atoms with van der Waals surface area (Å²) in [5, 5.41) is 2.64. The second kappa shape index (κ2) is 5.58. The number of methoxy groups -OCH3 is 1. The number of ketones is 1. The minimum absolute atomic E-state index is 0.0580. The Morgan fingerprint density at radius 2 is 2.25 bits per heavy atom. The second-order valence-electron chi connectivity index (χ2n) is 4.95. The van der Waals surface area contributed by atoms with Gasteiger partial charge >= 0.3 is 0 Å². The van der Waals surface area contributed by atoms with E-state index in [4.69, 9.17) is 16.3 Å². The van der Waals surface area contributed by atoms with Crippen molar-refractivity contribution in [3.05, 3.63) is 50.7 Å². The second-order valence-corrected chi connectivity index (χ2v) is 6.39. The van der Waals surface area contributed by atoms with Gasteiger partial charge in [-0.1, -0.05) is 11.6 Å². The Bertz CT molecular complexity index is 648. The van der Waals surface area contributed by atoms with E-state index < -0.39 is 0 Å². The number of rotatable bonds is 3. The molecule has 1 atom stereocenters. The first-order valence-electron chi connectivity index (χ1n) is 6.64. The molecule has 0 saturated heterocycles. The fourth-order valence-corrected chi connectivity index (χ4v) is 3.98. The van der Waals surface area contributed by atoms with Crippen LogP contribution in [0.4, 0.5) is 0 Å². The van der Waals surface area contributed by atoms with Gasteiger partial charge in [-0.2, -0.15) is 0 Å². The standard InChI is InChI=1S/C16H15ClO2S/c1-19-14-6-5-10(17)9-13(14)16(18)12-3-2-4-15-11(12)7-8-20-15/h5-9,12H,2-4H2,1H3. The van der Waals surface area contributed by atoms with Crippen molar-refractivity contribution < 1.29 is 9.53 Å². The van der Waals surface area contributed by atoms with Crippen molar-refractivity contribution in [2.45, 2.75) is 25.2 Å². The van der Waals surface area contributed by atoms with E-state index in [1.807, 2.05) is 0 Å². The largest absolute Gasteiger partial charge is 0.496 e. The van der Waals surface area contributed by atoms with Crippen LogP contribution in [0.5, 0.6) is 5.75 Å². The minimum atomic E-state index is -0.0580. The zero-order valence-electron chi connectivity index (χ0n) is 11.2. The molecule has 1 aliphatic carbocycles. The van der Waals surface area contributed by atoms with Gasteiger partial charge in [0.25, 0.3) is 0 Å². The first kappa shape index (κ1) is 13.7. The van der Waals surface area contributed by atoms with Gasteiger partial charge in [-0.25, -0.2) is 0 Å². The Labute approximate surface area is 127 Å². The zero-order chi connectivity index (χ0) is 14.1. The van der Waals surface area contributed by atoms with Crippen molar-refractivity contribution in [2.75, 3.05) is 7.11 Å². The van der Waals surface area contributed by atoms with Gasteiger partial charge in [-0.3, -0.25) is 4.79 Å². The Balaban J connectivity index is 2.01. The normalized spacial score (nSPS) is 17.6. The van der Waals surface area contributed by atoms with Gasteiger partial charge in [-0.15, -0.1) is 11.3 Å². The fraction of sp³-hybridized carbons (Fsp3) is 0.312. The topological polar surface area (TPSA) is 26.3 Å². The minimum Gasteiger partial charge on any atom is -0.496 e. The number of halogens is 1. The van der Waals surface area contributed by atoms with Gasteiger partial charge in [-0.05, 0) is 54.5 Å². The molecular formula is C16H15ClO2S. The van der Waals surface area contributed by atoms with Crippen LogP contribution in [0.2, 0.25) is 5.02 Å². The molecule has 0 bridgehead atoms. The zero-order valence-corrected chi connectivity index (χ0v) is 12.8. The lowest BCUT2D eigenvalue weighted by Crippen LogP contribution is -2.18. The van der Waals surface area contributed by atoms with Gasteiger partial charge in [0.15, 0.2) is 5.78 Å². The summed E-state index contributed by atoms with van der Waals surface area (Å²) in [7, 11) is 1.58. The molecule has 3 rings (SSSR count). The van der Waals surface area contributed by atoms with Crippen LogP contribution in [-0.2, 0) is 6.42 Å². The van der Waals surface area contributed by atoms with Crippen LogP contribution in [0.1, 0.15) is 39.6 Å². The van der Waals surface area contributed by atoms with Crippen LogP contribution < -0.4 is 4.74 Å². The maximum Gasteiger partial charge on any atom is 0.174 e. The third kappa shape index (κ3) is 2.36. The number of fused-ring (bicyclic) bond motifs is 1. The van der Waals surface area contributed by atoms with Crippen molar-refractivity contribution in [3.63, 3.8) is 0 Å². The van der Waals surface area contributed by atoms with Gasteiger partial charge < -0.3 is 4.74 Å². The van der Waals surface area contributed by atoms with E-state index in [2.05, 4.69) is 11.4 Å². The van der Waals surface area contributed by atoms with E-state index in [0.717, 1.165) is 19.3 Å². The molecule has 4 heteroatoms. The highest BCUT2D eigenvalue weighted by molar-refractivity contribution is 7.10. The highest BCUT2D eigenvalue weighted by atomic mass is 35.5. The number of Topliss-reactive ketones (excluding diaryl/α,β-unsaturated/α-hetero) is 1. The summed E-state index contributed by atoms with van der Waals surface area (Å²) in [5.74, 6) is 0.655. The van der Waals surface area contributed by atoms with Crippen molar-refractivity contribution in [3.8, 4) is 5.75 Å². The van der Waals surface area contributed by atoms with Gasteiger partial charge in [0.1, 0.15) is 5.75 Å². The number of thiophene rings is 1. The highest BCUT2D eigenvalue weighted by Crippen LogP contribution is 2.38. The maximum absolute atomic E-state index is 12.9. The Morgan fingerprint density at radius 1 is 1.40 bits per heavy atom. The molecule has 0 radical (unpaired) electrons. The fourth-order valence-electron chi connectivity index (χ4n) is 2.82. The predicted molar refractivity (Wildman–Crippen MR) is 82.3 cm³/mol. The predicted octanol–water partition coefficient (Wildman–Crippen LogP) is 4.71. The van der Waals surface area contributed by atoms with E-state index in [-0.39, 0.29) is 11.7 Å². The molecule has 104 valence electrons. The molecule has 2 nitrogen and oxygen atoms in total. The van der Waals surface area contributed by atoms with E-state index in [1.165, 1.54) is 10.4 Å². The summed E-state index contributed by atoms with van der Waals surface area (Å²) < 4.78 is 5.30. The number of ether oxygens (including phenoxy) is 1. The average molecular weight is 307 g/mol. The van der Waals surface area contributed by atoms with E-state index in [1.54, 1.807) is 36.6 Å². The van der Waals surface area contributed by atoms with Gasteiger partial charge in [0, 0.05) is 15.8 Å². The molecule has 0 aliphatic heterocycles. The number of hydrogen-bond donors (Lipinski definition) is 0. The average Bonchev–Trinajstić information content (AvgIpc) is 2.94. The molecule has 20 heavy (non-hydrogen) atoms. The van der Waals surface area contributed by atoms with E-state index in [9.17, 15) is 4.79 Å². The Kier molecular flexibility index (Phi) is 3.81. The number of carbonyl (C=O) groups is 1. The van der Waals surface area contributed by atoms with Gasteiger partial charge in [0.05, 0.1) is 12.7 Å². The van der Waals surface area contributed by atoms with Crippen molar-refractivity contribution in [1.29, 1.82) is 0 Å². The third-order valence-electron chi connectivity index (χ3n) is 3.80. The number of carbonyl (C=O) groups excluding carboxylic acids is 1. The Morgan fingerprint density at radius 3 is 3.05 bits per heavy atom. The van der Waals surface area contributed by atoms with E-state index in [0.29, 0.717) is 16.3 Å². The molecular weight excluding hydrogens is 292 g/mol. The highest BCUT2D eigenvalue weighted by Gasteiger charge is 2.29. The molecule has 0 amide bonds. The summed E-state index contributed by atoms with van der Waals surface area (Å²) in [6.07, 6.45) is 3.05. The molecule has 1 aliphatic rings. The van der Waals surface area contributed by atoms with Crippen molar-refractivity contribution in [2.24, 2.45) is 0 Å². The van der Waals surface area contributed by atoms with Crippen LogP contribution in [0, 0.1) is 0 Å². The number of aryl methyl sites for hydroxylation is 1. The van der Waals surface area contributed by atoms with Crippen LogP contribution in [0.15, 0.2) is 29.6 Å². The smallest absolute Gasteiger partial charge is 0.174 e. The molecule has 2 aromatic rings. The maximum atomic E-state index is 12.9. The van der Waals surface area contributed by atoms with Gasteiger partial charge in [0.2, 0.25) is 0 Å². The van der Waals surface area contributed by atoms with Crippen LogP contribution in [0.3, 0.4) is 0 Å². The van der Waals surface area contributed by atoms with E-state index >= 15 is 0 Å². The molecule has 1 unspecified atom stereocenters. The molecule has 0 spiro atoms.